The largest absolute Gasteiger partial charge is 0.416 e. The van der Waals surface area contributed by atoms with Crippen LogP contribution >= 0.6 is 11.6 Å². The summed E-state index contributed by atoms with van der Waals surface area (Å²) in [5, 5.41) is 12.3. The van der Waals surface area contributed by atoms with E-state index in [9.17, 15) is 27.9 Å². The van der Waals surface area contributed by atoms with Crippen LogP contribution < -0.4 is 11.1 Å². The van der Waals surface area contributed by atoms with Crippen LogP contribution in [-0.2, 0) is 15.7 Å². The van der Waals surface area contributed by atoms with Crippen molar-refractivity contribution >= 4 is 40.6 Å². The van der Waals surface area contributed by atoms with Crippen LogP contribution in [0.4, 0.5) is 24.8 Å². The molecule has 0 spiro atoms. The highest BCUT2D eigenvalue weighted by Crippen LogP contribution is 2.35. The molecule has 1 aliphatic rings. The quantitative estimate of drug-likeness (QED) is 0.320. The van der Waals surface area contributed by atoms with E-state index in [0.717, 1.165) is 18.3 Å². The first-order valence-corrected chi connectivity index (χ1v) is 12.7. The number of aliphatic hydroxyl groups excluding tert-OH is 1. The number of benzene rings is 1. The zero-order valence-electron chi connectivity index (χ0n) is 21.4. The summed E-state index contributed by atoms with van der Waals surface area (Å²) in [6.07, 6.45) is -4.14. The van der Waals surface area contributed by atoms with Crippen LogP contribution in [0.3, 0.4) is 0 Å². The van der Waals surface area contributed by atoms with Gasteiger partial charge in [-0.05, 0) is 31.2 Å². The number of ether oxygens (including phenoxy) is 1. The molecule has 0 aliphatic carbocycles. The molecule has 2 atom stereocenters. The smallest absolute Gasteiger partial charge is 0.384 e. The molecule has 2 amide bonds. The van der Waals surface area contributed by atoms with Crippen LogP contribution in [0.1, 0.15) is 34.8 Å². The average molecular weight is 590 g/mol. The molecule has 0 saturated carbocycles. The summed E-state index contributed by atoms with van der Waals surface area (Å²) in [5.74, 6) is -0.881. The molecule has 15 heteroatoms. The van der Waals surface area contributed by atoms with E-state index in [2.05, 4.69) is 15.3 Å². The van der Waals surface area contributed by atoms with E-state index < -0.39 is 35.8 Å². The molecule has 0 radical (unpaired) electrons. The van der Waals surface area contributed by atoms with E-state index in [1.807, 2.05) is 0 Å². The number of nitrogen functional groups attached to an aromatic ring is 1. The van der Waals surface area contributed by atoms with Crippen LogP contribution in [-0.4, -0.2) is 67.0 Å². The number of carbonyl (C=O) groups is 2. The Morgan fingerprint density at radius 2 is 1.95 bits per heavy atom. The number of alkyl halides is 3. The van der Waals surface area contributed by atoms with Gasteiger partial charge in [-0.1, -0.05) is 23.7 Å². The van der Waals surface area contributed by atoms with Gasteiger partial charge in [0.05, 0.1) is 24.9 Å². The van der Waals surface area contributed by atoms with E-state index in [4.69, 9.17) is 27.1 Å². The summed E-state index contributed by atoms with van der Waals surface area (Å²) >= 11 is 6.49. The SMILES string of the molecule is CC(O)C(=O)N1CCO[C@@H](c2nc(-c3ccc(C(=O)Nc4cc(C(F)(F)F)ccn4)cc3)c3c(N)ncc(Cl)n23)C1. The Morgan fingerprint density at radius 1 is 1.22 bits per heavy atom. The van der Waals surface area contributed by atoms with Crippen LogP contribution in [0, 0.1) is 0 Å². The Bertz CT molecular complexity index is 1630. The number of halogens is 4. The van der Waals surface area contributed by atoms with Gasteiger partial charge in [-0.3, -0.25) is 14.0 Å². The number of imidazole rings is 1. The lowest BCUT2D eigenvalue weighted by molar-refractivity contribution is -0.147. The molecular formula is C26H23ClF3N7O4. The van der Waals surface area contributed by atoms with Crippen molar-refractivity contribution in [3.63, 3.8) is 0 Å². The third kappa shape index (κ3) is 5.66. The van der Waals surface area contributed by atoms with Gasteiger partial charge in [0.25, 0.3) is 11.8 Å². The van der Waals surface area contributed by atoms with Gasteiger partial charge in [0.1, 0.15) is 46.0 Å². The standard InChI is InChI=1S/C26H23ClF3N7O4/c1-13(38)25(40)36-8-9-41-17(12-36)23-35-20(21-22(31)33-11-18(27)37(21)23)14-2-4-15(5-3-14)24(39)34-19-10-16(6-7-32-19)26(28,29)30/h2-7,10-11,13,17,38H,8-9,12H2,1H3,(H2,31,33)(H,32,34,39)/t13?,17-/m1/s1. The molecule has 3 aromatic heterocycles. The number of carbonyl (C=O) groups excluding carboxylic acids is 2. The maximum Gasteiger partial charge on any atom is 0.416 e. The Kier molecular flexibility index (Phi) is 7.55. The monoisotopic (exact) mass is 589 g/mol. The summed E-state index contributed by atoms with van der Waals surface area (Å²) in [5.41, 5.74) is 6.71. The minimum atomic E-state index is -4.58. The molecule has 1 unspecified atom stereocenters. The molecule has 4 heterocycles. The number of pyridine rings is 1. The number of amides is 2. The average Bonchev–Trinajstić information content (AvgIpc) is 3.36. The first kappa shape index (κ1) is 28.3. The molecule has 0 bridgehead atoms. The highest BCUT2D eigenvalue weighted by atomic mass is 35.5. The second-order valence-corrected chi connectivity index (χ2v) is 9.63. The molecule has 41 heavy (non-hydrogen) atoms. The second-order valence-electron chi connectivity index (χ2n) is 9.25. The molecule has 1 aliphatic heterocycles. The number of morpholine rings is 1. The van der Waals surface area contributed by atoms with Gasteiger partial charge in [-0.2, -0.15) is 13.2 Å². The predicted molar refractivity (Wildman–Crippen MR) is 142 cm³/mol. The number of fused-ring (bicyclic) bond motifs is 1. The maximum absolute atomic E-state index is 13.0. The zero-order chi connectivity index (χ0) is 29.5. The number of anilines is 2. The lowest BCUT2D eigenvalue weighted by Crippen LogP contribution is -2.46. The first-order chi connectivity index (χ1) is 19.4. The third-order valence-corrected chi connectivity index (χ3v) is 6.71. The summed E-state index contributed by atoms with van der Waals surface area (Å²) in [4.78, 5) is 39.2. The van der Waals surface area contributed by atoms with Crippen molar-refractivity contribution < 1.29 is 32.6 Å². The topological polar surface area (TPSA) is 148 Å². The summed E-state index contributed by atoms with van der Waals surface area (Å²) in [6, 6.07) is 7.67. The zero-order valence-corrected chi connectivity index (χ0v) is 22.1. The van der Waals surface area contributed by atoms with Crippen LogP contribution in [0.2, 0.25) is 5.15 Å². The number of nitrogens with two attached hydrogens (primary N) is 1. The number of nitrogens with one attached hydrogen (secondary N) is 1. The Morgan fingerprint density at radius 3 is 2.63 bits per heavy atom. The summed E-state index contributed by atoms with van der Waals surface area (Å²) in [7, 11) is 0. The van der Waals surface area contributed by atoms with Crippen LogP contribution in [0.25, 0.3) is 16.8 Å². The van der Waals surface area contributed by atoms with Gasteiger partial charge in [0.15, 0.2) is 0 Å². The number of aliphatic hydroxyl groups is 1. The predicted octanol–water partition coefficient (Wildman–Crippen LogP) is 3.58. The van der Waals surface area contributed by atoms with Gasteiger partial charge in [0, 0.05) is 23.9 Å². The van der Waals surface area contributed by atoms with Crippen molar-refractivity contribution in [2.75, 3.05) is 30.7 Å². The fraction of sp³-hybridized carbons (Fsp3) is 0.269. The van der Waals surface area contributed by atoms with Gasteiger partial charge >= 0.3 is 6.18 Å². The highest BCUT2D eigenvalue weighted by Gasteiger charge is 2.33. The van der Waals surface area contributed by atoms with E-state index in [0.29, 0.717) is 29.1 Å². The lowest BCUT2D eigenvalue weighted by Gasteiger charge is -2.33. The maximum atomic E-state index is 13.0. The second kappa shape index (κ2) is 11.0. The van der Waals surface area contributed by atoms with Crippen molar-refractivity contribution in [3.8, 4) is 11.3 Å². The first-order valence-electron chi connectivity index (χ1n) is 12.3. The van der Waals surface area contributed by atoms with Crippen LogP contribution in [0.5, 0.6) is 0 Å². The molecule has 4 aromatic rings. The van der Waals surface area contributed by atoms with E-state index in [1.54, 1.807) is 16.5 Å². The van der Waals surface area contributed by atoms with Crippen molar-refractivity contribution in [3.05, 3.63) is 70.9 Å². The fourth-order valence-corrected chi connectivity index (χ4v) is 4.68. The van der Waals surface area contributed by atoms with Crippen molar-refractivity contribution in [1.29, 1.82) is 0 Å². The Labute approximate surface area is 235 Å². The fourth-order valence-electron chi connectivity index (χ4n) is 4.46. The Balaban J connectivity index is 1.46. The molecule has 5 rings (SSSR count). The third-order valence-electron chi connectivity index (χ3n) is 6.44. The Hall–Kier alpha value is -4.27. The summed E-state index contributed by atoms with van der Waals surface area (Å²) in [6.45, 7) is 2.01. The molecule has 11 nitrogen and oxygen atoms in total. The number of hydrogen-bond acceptors (Lipinski definition) is 8. The molecule has 214 valence electrons. The van der Waals surface area contributed by atoms with Gasteiger partial charge in [-0.15, -0.1) is 0 Å². The normalized spacial score (nSPS) is 16.5. The van der Waals surface area contributed by atoms with Crippen LogP contribution in [0.15, 0.2) is 48.8 Å². The number of hydrogen-bond donors (Lipinski definition) is 3. The minimum absolute atomic E-state index is 0.115. The van der Waals surface area contributed by atoms with Crippen molar-refractivity contribution in [1.82, 2.24) is 24.3 Å². The van der Waals surface area contributed by atoms with Crippen molar-refractivity contribution in [2.45, 2.75) is 25.3 Å². The minimum Gasteiger partial charge on any atom is -0.384 e. The van der Waals surface area contributed by atoms with Gasteiger partial charge < -0.3 is 25.8 Å². The number of rotatable bonds is 5. The van der Waals surface area contributed by atoms with Gasteiger partial charge in [-0.25, -0.2) is 15.0 Å². The van der Waals surface area contributed by atoms with E-state index in [-0.39, 0.29) is 35.5 Å². The number of aromatic nitrogens is 4. The molecule has 1 aromatic carbocycles. The molecular weight excluding hydrogens is 567 g/mol. The highest BCUT2D eigenvalue weighted by molar-refractivity contribution is 6.30. The molecule has 1 saturated heterocycles. The molecule has 4 N–H and O–H groups in total. The van der Waals surface area contributed by atoms with E-state index in [1.165, 1.54) is 30.2 Å². The van der Waals surface area contributed by atoms with Crippen molar-refractivity contribution in [2.24, 2.45) is 0 Å². The summed E-state index contributed by atoms with van der Waals surface area (Å²) < 4.78 is 46.5. The van der Waals surface area contributed by atoms with E-state index >= 15 is 0 Å². The number of nitrogens with zero attached hydrogens (tertiary/aromatic N) is 5. The van der Waals surface area contributed by atoms with Gasteiger partial charge in [0.2, 0.25) is 0 Å². The lowest BCUT2D eigenvalue weighted by atomic mass is 10.1. The molecule has 1 fully saturated rings.